The van der Waals surface area contributed by atoms with Gasteiger partial charge in [0.1, 0.15) is 6.07 Å². The Labute approximate surface area is 129 Å². The van der Waals surface area contributed by atoms with Crippen molar-refractivity contribution < 1.29 is 14.3 Å². The average molecular weight is 308 g/mol. The molecule has 1 aromatic carbocycles. The van der Waals surface area contributed by atoms with Crippen LogP contribution in [0.15, 0.2) is 17.7 Å². The van der Waals surface area contributed by atoms with E-state index in [0.717, 1.165) is 0 Å². The number of Topliss-reactive ketones (excluding diaryl/α,β-unsaturated/α-hetero) is 1. The molecule has 0 aliphatic carbocycles. The van der Waals surface area contributed by atoms with Crippen molar-refractivity contribution >= 4 is 23.5 Å². The summed E-state index contributed by atoms with van der Waals surface area (Å²) in [4.78, 5) is 12.2. The molecular weight excluding hydrogens is 290 g/mol. The van der Waals surface area contributed by atoms with Crippen LogP contribution in [0.1, 0.15) is 26.3 Å². The van der Waals surface area contributed by atoms with Gasteiger partial charge >= 0.3 is 0 Å². The molecule has 0 saturated heterocycles. The number of hydrogen-bond donors (Lipinski definition) is 0. The fourth-order valence-electron chi connectivity index (χ4n) is 1.74. The average Bonchev–Trinajstić information content (AvgIpc) is 2.42. The van der Waals surface area contributed by atoms with E-state index in [9.17, 15) is 10.1 Å². The predicted molar refractivity (Wildman–Crippen MR) is 82.6 cm³/mol. The summed E-state index contributed by atoms with van der Waals surface area (Å²) < 4.78 is 10.3. The van der Waals surface area contributed by atoms with E-state index in [1.165, 1.54) is 20.3 Å². The van der Waals surface area contributed by atoms with E-state index in [2.05, 4.69) is 0 Å². The Morgan fingerprint density at radius 1 is 1.29 bits per heavy atom. The fourth-order valence-corrected chi connectivity index (χ4v) is 2.04. The summed E-state index contributed by atoms with van der Waals surface area (Å²) in [5.74, 6) is 0.629. The Hall–Kier alpha value is -1.99. The van der Waals surface area contributed by atoms with Gasteiger partial charge in [-0.3, -0.25) is 4.79 Å². The second kappa shape index (κ2) is 6.64. The first kappa shape index (κ1) is 17.1. The Morgan fingerprint density at radius 2 is 1.90 bits per heavy atom. The first-order valence-electron chi connectivity index (χ1n) is 6.32. The summed E-state index contributed by atoms with van der Waals surface area (Å²) in [7, 11) is 2.98. The first-order valence-corrected chi connectivity index (χ1v) is 6.70. The highest BCUT2D eigenvalue weighted by Crippen LogP contribution is 2.36. The molecule has 0 heterocycles. The van der Waals surface area contributed by atoms with E-state index in [1.807, 2.05) is 6.07 Å². The van der Waals surface area contributed by atoms with E-state index in [-0.39, 0.29) is 11.4 Å². The van der Waals surface area contributed by atoms with Crippen LogP contribution in [0.2, 0.25) is 5.02 Å². The van der Waals surface area contributed by atoms with Crippen LogP contribution in [-0.4, -0.2) is 20.0 Å². The Morgan fingerprint density at radius 3 is 2.33 bits per heavy atom. The third-order valence-corrected chi connectivity index (χ3v) is 3.09. The maximum atomic E-state index is 12.2. The molecule has 0 fully saturated rings. The van der Waals surface area contributed by atoms with Crippen LogP contribution in [0, 0.1) is 16.7 Å². The lowest BCUT2D eigenvalue weighted by Crippen LogP contribution is -2.21. The fraction of sp³-hybridized carbons (Fsp3) is 0.375. The summed E-state index contributed by atoms with van der Waals surface area (Å²) in [6.45, 7) is 5.30. The Bertz CT molecular complexity index is 622. The number of carbonyl (C=O) groups excluding carboxylic acids is 1. The van der Waals surface area contributed by atoms with Crippen molar-refractivity contribution in [3.8, 4) is 17.6 Å². The molecule has 112 valence electrons. The minimum Gasteiger partial charge on any atom is -0.493 e. The number of benzene rings is 1. The third kappa shape index (κ3) is 3.99. The van der Waals surface area contributed by atoms with Gasteiger partial charge in [0.05, 0.1) is 24.8 Å². The quantitative estimate of drug-likeness (QED) is 0.625. The van der Waals surface area contributed by atoms with E-state index < -0.39 is 5.41 Å². The first-order chi connectivity index (χ1) is 9.74. The van der Waals surface area contributed by atoms with Gasteiger partial charge in [-0.05, 0) is 23.8 Å². The second-order valence-corrected chi connectivity index (χ2v) is 5.89. The van der Waals surface area contributed by atoms with Crippen LogP contribution in [-0.2, 0) is 4.79 Å². The van der Waals surface area contributed by atoms with Gasteiger partial charge in [-0.2, -0.15) is 5.26 Å². The number of rotatable bonds is 4. The van der Waals surface area contributed by atoms with Crippen molar-refractivity contribution in [3.63, 3.8) is 0 Å². The van der Waals surface area contributed by atoms with Crippen LogP contribution in [0.4, 0.5) is 0 Å². The van der Waals surface area contributed by atoms with Gasteiger partial charge < -0.3 is 9.47 Å². The highest BCUT2D eigenvalue weighted by atomic mass is 35.5. The summed E-state index contributed by atoms with van der Waals surface area (Å²) in [5, 5.41) is 9.54. The number of ether oxygens (including phenoxy) is 2. The van der Waals surface area contributed by atoms with Crippen molar-refractivity contribution in [2.75, 3.05) is 14.2 Å². The molecular formula is C16H18ClNO3. The maximum Gasteiger partial charge on any atom is 0.179 e. The smallest absolute Gasteiger partial charge is 0.179 e. The van der Waals surface area contributed by atoms with Gasteiger partial charge in [-0.1, -0.05) is 32.4 Å². The third-order valence-electron chi connectivity index (χ3n) is 2.81. The molecule has 0 radical (unpaired) electrons. The number of hydrogen-bond acceptors (Lipinski definition) is 4. The van der Waals surface area contributed by atoms with Crippen molar-refractivity contribution in [2.45, 2.75) is 20.8 Å². The van der Waals surface area contributed by atoms with Gasteiger partial charge in [0.2, 0.25) is 0 Å². The lowest BCUT2D eigenvalue weighted by molar-refractivity contribution is -0.121. The van der Waals surface area contributed by atoms with Gasteiger partial charge in [-0.25, -0.2) is 0 Å². The number of nitrogens with zero attached hydrogens (tertiary/aromatic N) is 1. The number of halogens is 1. The molecule has 4 nitrogen and oxygen atoms in total. The highest BCUT2D eigenvalue weighted by Gasteiger charge is 2.25. The number of nitriles is 1. The Balaban J connectivity index is 3.35. The van der Waals surface area contributed by atoms with Crippen LogP contribution < -0.4 is 9.47 Å². The molecule has 1 aromatic rings. The lowest BCUT2D eigenvalue weighted by Gasteiger charge is -2.15. The molecule has 0 N–H and O–H groups in total. The van der Waals surface area contributed by atoms with Crippen molar-refractivity contribution in [1.29, 1.82) is 5.26 Å². The molecule has 0 bridgehead atoms. The zero-order chi connectivity index (χ0) is 16.2. The van der Waals surface area contributed by atoms with Gasteiger partial charge in [0.15, 0.2) is 17.3 Å². The molecule has 5 heteroatoms. The van der Waals surface area contributed by atoms with Crippen molar-refractivity contribution in [1.82, 2.24) is 0 Å². The standard InChI is InChI=1S/C16H18ClNO3/c1-16(2,3)15(19)11(9-18)6-10-7-12(17)14(21-5)13(8-10)20-4/h6-8H,1-5H3/b11-6+. The Kier molecular flexibility index (Phi) is 5.40. The molecule has 0 atom stereocenters. The lowest BCUT2D eigenvalue weighted by atomic mass is 9.86. The molecule has 1 rings (SSSR count). The number of methoxy groups -OCH3 is 2. The summed E-state index contributed by atoms with van der Waals surface area (Å²) in [6.07, 6.45) is 1.50. The highest BCUT2D eigenvalue weighted by molar-refractivity contribution is 6.32. The molecule has 0 unspecified atom stereocenters. The van der Waals surface area contributed by atoms with E-state index >= 15 is 0 Å². The summed E-state index contributed by atoms with van der Waals surface area (Å²) in [6, 6.07) is 5.22. The molecule has 0 aliphatic heterocycles. The van der Waals surface area contributed by atoms with Gasteiger partial charge in [-0.15, -0.1) is 0 Å². The largest absolute Gasteiger partial charge is 0.493 e. The summed E-state index contributed by atoms with van der Waals surface area (Å²) >= 11 is 6.11. The van der Waals surface area contributed by atoms with Gasteiger partial charge in [0.25, 0.3) is 0 Å². The predicted octanol–water partition coefficient (Wildman–Crippen LogP) is 3.88. The van der Waals surface area contributed by atoms with Crippen LogP contribution in [0.5, 0.6) is 11.5 Å². The number of ketones is 1. The van der Waals surface area contributed by atoms with Crippen LogP contribution in [0.3, 0.4) is 0 Å². The normalized spacial score (nSPS) is 11.8. The molecule has 0 amide bonds. The summed E-state index contributed by atoms with van der Waals surface area (Å²) in [5.41, 5.74) is 0.0552. The van der Waals surface area contributed by atoms with Crippen molar-refractivity contribution in [3.05, 3.63) is 28.3 Å². The van der Waals surface area contributed by atoms with E-state index in [0.29, 0.717) is 22.1 Å². The second-order valence-electron chi connectivity index (χ2n) is 5.49. The maximum absolute atomic E-state index is 12.2. The number of allylic oxidation sites excluding steroid dienone is 1. The minimum atomic E-state index is -0.623. The zero-order valence-corrected chi connectivity index (χ0v) is 13.5. The molecule has 0 aromatic heterocycles. The van der Waals surface area contributed by atoms with Crippen LogP contribution >= 0.6 is 11.6 Å². The van der Waals surface area contributed by atoms with Crippen LogP contribution in [0.25, 0.3) is 6.08 Å². The minimum absolute atomic E-state index is 0.0748. The molecule has 21 heavy (non-hydrogen) atoms. The van der Waals surface area contributed by atoms with Crippen molar-refractivity contribution in [2.24, 2.45) is 5.41 Å². The molecule has 0 saturated carbocycles. The topological polar surface area (TPSA) is 59.3 Å². The zero-order valence-electron chi connectivity index (χ0n) is 12.8. The number of carbonyl (C=O) groups is 1. The molecule has 0 aliphatic rings. The monoisotopic (exact) mass is 307 g/mol. The van der Waals surface area contributed by atoms with Gasteiger partial charge in [0, 0.05) is 5.41 Å². The van der Waals surface area contributed by atoms with E-state index in [4.69, 9.17) is 21.1 Å². The van der Waals surface area contributed by atoms with E-state index in [1.54, 1.807) is 32.9 Å². The molecule has 0 spiro atoms. The SMILES string of the molecule is COc1cc(/C=C(\C#N)C(=O)C(C)(C)C)cc(Cl)c1OC.